The number of Topliss-reactive ketones (excluding diaryl/α,β-unsaturated/α-hetero) is 1. The molecule has 0 saturated carbocycles. The maximum absolute atomic E-state index is 14.4. The van der Waals surface area contributed by atoms with Crippen LogP contribution in [0.2, 0.25) is 0 Å². The Bertz CT molecular complexity index is 683. The summed E-state index contributed by atoms with van der Waals surface area (Å²) in [5.74, 6) is -1.46. The number of amides is 2. The van der Waals surface area contributed by atoms with Crippen LogP contribution in [0.3, 0.4) is 0 Å². The maximum atomic E-state index is 14.4. The van der Waals surface area contributed by atoms with E-state index >= 15 is 0 Å². The number of carbonyl (C=O) groups is 3. The lowest BCUT2D eigenvalue weighted by Crippen LogP contribution is -2.43. The fourth-order valence-corrected chi connectivity index (χ4v) is 3.15. The third kappa shape index (κ3) is 3.41. The number of carbonyl (C=O) groups excluding carboxylic acids is 3. The molecule has 0 aliphatic heterocycles. The van der Waals surface area contributed by atoms with Gasteiger partial charge in [-0.05, 0) is 36.0 Å². The number of rotatable bonds is 3. The quantitative estimate of drug-likeness (QED) is 0.898. The average molecular weight is 320 g/mol. The van der Waals surface area contributed by atoms with Gasteiger partial charge in [0.25, 0.3) is 0 Å². The predicted molar refractivity (Wildman–Crippen MR) is 85.0 cm³/mol. The summed E-state index contributed by atoms with van der Waals surface area (Å²) >= 11 is 0. The lowest BCUT2D eigenvalue weighted by atomic mass is 9.80. The van der Waals surface area contributed by atoms with E-state index in [-0.39, 0.29) is 29.2 Å². The number of benzene rings is 1. The molecule has 1 aliphatic carbocycles. The molecule has 0 fully saturated rings. The van der Waals surface area contributed by atoms with Gasteiger partial charge < -0.3 is 10.6 Å². The molecule has 1 atom stereocenters. The Kier molecular flexibility index (Phi) is 4.82. The minimum atomic E-state index is -0.641. The Morgan fingerprint density at radius 1 is 1.26 bits per heavy atom. The predicted octanol–water partition coefficient (Wildman–Crippen LogP) is 2.54. The molecule has 1 aromatic rings. The SMILES string of the molecule is CC(=O)Nc1cc(F)c(C(C)C)c2c1C(=O)C(NC(C)=O)CC2. The van der Waals surface area contributed by atoms with E-state index in [1.165, 1.54) is 19.9 Å². The number of halogens is 1. The second-order valence-corrected chi connectivity index (χ2v) is 6.17. The first kappa shape index (κ1) is 17.1. The van der Waals surface area contributed by atoms with Crippen molar-refractivity contribution in [3.8, 4) is 0 Å². The zero-order valence-corrected chi connectivity index (χ0v) is 13.7. The van der Waals surface area contributed by atoms with Gasteiger partial charge in [-0.2, -0.15) is 0 Å². The van der Waals surface area contributed by atoms with E-state index in [1.54, 1.807) is 0 Å². The molecule has 2 amide bonds. The van der Waals surface area contributed by atoms with Gasteiger partial charge in [0.2, 0.25) is 11.8 Å². The number of ketones is 1. The fraction of sp³-hybridized carbons (Fsp3) is 0.471. The highest BCUT2D eigenvalue weighted by molar-refractivity contribution is 6.10. The topological polar surface area (TPSA) is 75.3 Å². The largest absolute Gasteiger partial charge is 0.346 e. The van der Waals surface area contributed by atoms with Crippen LogP contribution in [0.4, 0.5) is 10.1 Å². The Labute approximate surface area is 134 Å². The first-order valence-electron chi connectivity index (χ1n) is 7.66. The summed E-state index contributed by atoms with van der Waals surface area (Å²) in [6, 6.07) is 0.557. The van der Waals surface area contributed by atoms with Crippen LogP contribution < -0.4 is 10.6 Å². The van der Waals surface area contributed by atoms with E-state index in [0.29, 0.717) is 29.5 Å². The molecule has 2 N–H and O–H groups in total. The highest BCUT2D eigenvalue weighted by Crippen LogP contribution is 2.36. The minimum Gasteiger partial charge on any atom is -0.346 e. The third-order valence-electron chi connectivity index (χ3n) is 3.94. The van der Waals surface area contributed by atoms with Gasteiger partial charge in [-0.15, -0.1) is 0 Å². The molecule has 0 aromatic heterocycles. The van der Waals surface area contributed by atoms with Gasteiger partial charge in [0, 0.05) is 19.4 Å². The van der Waals surface area contributed by atoms with E-state index < -0.39 is 11.9 Å². The molecule has 0 spiro atoms. The summed E-state index contributed by atoms with van der Waals surface area (Å²) in [7, 11) is 0. The number of hydrogen-bond donors (Lipinski definition) is 2. The second kappa shape index (κ2) is 6.48. The normalized spacial score (nSPS) is 17.0. The fourth-order valence-electron chi connectivity index (χ4n) is 3.15. The highest BCUT2D eigenvalue weighted by Gasteiger charge is 2.33. The summed E-state index contributed by atoms with van der Waals surface area (Å²) in [5, 5.41) is 5.15. The lowest BCUT2D eigenvalue weighted by molar-refractivity contribution is -0.119. The zero-order valence-electron chi connectivity index (χ0n) is 13.7. The first-order valence-corrected chi connectivity index (χ1v) is 7.66. The van der Waals surface area contributed by atoms with E-state index in [1.807, 2.05) is 13.8 Å². The molecule has 124 valence electrons. The number of nitrogens with one attached hydrogen (secondary N) is 2. The van der Waals surface area contributed by atoms with Crippen LogP contribution in [0.1, 0.15) is 61.5 Å². The molecule has 5 nitrogen and oxygen atoms in total. The summed E-state index contributed by atoms with van der Waals surface area (Å²) in [6.07, 6.45) is 0.901. The van der Waals surface area contributed by atoms with Gasteiger partial charge in [-0.1, -0.05) is 13.8 Å². The first-order chi connectivity index (χ1) is 10.7. The number of fused-ring (bicyclic) bond motifs is 1. The Hall–Kier alpha value is -2.24. The molecular weight excluding hydrogens is 299 g/mol. The standard InChI is InChI=1S/C17H21FN2O3/c1-8(2)15-11-5-6-13(19-9(3)21)17(23)16(11)14(7-12(15)18)20-10(4)22/h7-8,13H,5-6H2,1-4H3,(H,19,21)(H,20,22). The van der Waals surface area contributed by atoms with Crippen LogP contribution in [-0.2, 0) is 16.0 Å². The molecule has 0 saturated heterocycles. The van der Waals surface area contributed by atoms with Gasteiger partial charge in [-0.3, -0.25) is 14.4 Å². The van der Waals surface area contributed by atoms with Crippen LogP contribution in [0, 0.1) is 5.82 Å². The third-order valence-corrected chi connectivity index (χ3v) is 3.94. The molecule has 2 rings (SSSR count). The number of hydrogen-bond acceptors (Lipinski definition) is 3. The van der Waals surface area contributed by atoms with Crippen molar-refractivity contribution in [3.05, 3.63) is 28.6 Å². The molecule has 1 unspecified atom stereocenters. The Morgan fingerprint density at radius 3 is 2.43 bits per heavy atom. The van der Waals surface area contributed by atoms with Crippen LogP contribution in [0.25, 0.3) is 0 Å². The second-order valence-electron chi connectivity index (χ2n) is 6.17. The Morgan fingerprint density at radius 2 is 1.91 bits per heavy atom. The van der Waals surface area contributed by atoms with Crippen LogP contribution in [0.5, 0.6) is 0 Å². The van der Waals surface area contributed by atoms with Crippen molar-refractivity contribution in [2.75, 3.05) is 5.32 Å². The van der Waals surface area contributed by atoms with Gasteiger partial charge in [0.05, 0.1) is 11.7 Å². The van der Waals surface area contributed by atoms with Crippen molar-refractivity contribution in [2.45, 2.75) is 52.5 Å². The van der Waals surface area contributed by atoms with Crippen molar-refractivity contribution < 1.29 is 18.8 Å². The monoisotopic (exact) mass is 320 g/mol. The number of anilines is 1. The van der Waals surface area contributed by atoms with Crippen molar-refractivity contribution >= 4 is 23.3 Å². The van der Waals surface area contributed by atoms with E-state index in [2.05, 4.69) is 10.6 Å². The van der Waals surface area contributed by atoms with Gasteiger partial charge >= 0.3 is 0 Å². The van der Waals surface area contributed by atoms with Crippen molar-refractivity contribution in [1.29, 1.82) is 0 Å². The smallest absolute Gasteiger partial charge is 0.221 e. The van der Waals surface area contributed by atoms with E-state index in [9.17, 15) is 18.8 Å². The van der Waals surface area contributed by atoms with Crippen LogP contribution in [0.15, 0.2) is 6.07 Å². The highest BCUT2D eigenvalue weighted by atomic mass is 19.1. The molecule has 0 bridgehead atoms. The molecule has 6 heteroatoms. The maximum Gasteiger partial charge on any atom is 0.221 e. The molecule has 23 heavy (non-hydrogen) atoms. The summed E-state index contributed by atoms with van der Waals surface area (Å²) < 4.78 is 14.4. The van der Waals surface area contributed by atoms with E-state index in [4.69, 9.17) is 0 Å². The molecule has 0 radical (unpaired) electrons. The molecule has 0 heterocycles. The molecular formula is C17H21FN2O3. The summed E-state index contributed by atoms with van der Waals surface area (Å²) in [4.78, 5) is 35.4. The molecule has 1 aliphatic rings. The lowest BCUT2D eigenvalue weighted by Gasteiger charge is -2.29. The summed E-state index contributed by atoms with van der Waals surface area (Å²) in [6.45, 7) is 6.38. The molecule has 1 aromatic carbocycles. The van der Waals surface area contributed by atoms with Gasteiger partial charge in [0.15, 0.2) is 5.78 Å². The average Bonchev–Trinajstić information content (AvgIpc) is 2.39. The Balaban J connectivity index is 2.61. The van der Waals surface area contributed by atoms with Crippen molar-refractivity contribution in [3.63, 3.8) is 0 Å². The van der Waals surface area contributed by atoms with Crippen molar-refractivity contribution in [1.82, 2.24) is 5.32 Å². The summed E-state index contributed by atoms with van der Waals surface area (Å²) in [5.41, 5.74) is 1.63. The van der Waals surface area contributed by atoms with Crippen LogP contribution in [-0.4, -0.2) is 23.6 Å². The van der Waals surface area contributed by atoms with Gasteiger partial charge in [-0.25, -0.2) is 4.39 Å². The van der Waals surface area contributed by atoms with Crippen LogP contribution >= 0.6 is 0 Å². The van der Waals surface area contributed by atoms with Crippen molar-refractivity contribution in [2.24, 2.45) is 0 Å². The minimum absolute atomic E-state index is 0.0831. The van der Waals surface area contributed by atoms with E-state index in [0.717, 1.165) is 0 Å². The van der Waals surface area contributed by atoms with Gasteiger partial charge in [0.1, 0.15) is 5.82 Å². The zero-order chi connectivity index (χ0) is 17.3.